The van der Waals surface area contributed by atoms with E-state index in [0.717, 1.165) is 6.92 Å². The molecule has 1 N–H and O–H groups in total. The van der Waals surface area contributed by atoms with Crippen LogP contribution in [0, 0.1) is 23.2 Å². The maximum atomic E-state index is 13.4. The molecule has 0 radical (unpaired) electrons. The molecule has 3 aliphatic rings. The van der Waals surface area contributed by atoms with Gasteiger partial charge >= 0.3 is 23.9 Å². The van der Waals surface area contributed by atoms with Crippen LogP contribution < -0.4 is 0 Å². The average Bonchev–Trinajstić information content (AvgIpc) is 3.07. The number of hydrogen-bond acceptors (Lipinski definition) is 10. The smallest absolute Gasteiger partial charge is 0.312 e. The Morgan fingerprint density at radius 1 is 1.15 bits per heavy atom. The molecule has 2 aliphatic carbocycles. The number of aliphatic hydroxyl groups is 1. The van der Waals surface area contributed by atoms with Crippen molar-refractivity contribution < 1.29 is 48.0 Å². The number of rotatable bonds is 5. The Bertz CT molecular complexity index is 1080. The zero-order valence-corrected chi connectivity index (χ0v) is 23.9. The van der Waals surface area contributed by atoms with E-state index in [1.807, 2.05) is 0 Å². The molecule has 0 aromatic heterocycles. The molecule has 0 aromatic rings. The first-order valence-corrected chi connectivity index (χ1v) is 13.5. The third-order valence-electron chi connectivity index (χ3n) is 8.41. The van der Waals surface area contributed by atoms with Gasteiger partial charge in [-0.2, -0.15) is 0 Å². The highest BCUT2D eigenvalue weighted by Gasteiger charge is 2.70. The SMILES string of the molecule is C=C1/C=C\[C@H](OC(C)=O)[C@]2(C)[C@H]([C@@H](C)C(=O)C[C@@H]2OC(=O)CCC)[C@H](OC(C)=O)C2(O)C(C)C(=O)O[C@H]2[C@H]1Cl. The normalized spacial score (nSPS) is 41.0. The van der Waals surface area contributed by atoms with Gasteiger partial charge in [-0.25, -0.2) is 0 Å². The Morgan fingerprint density at radius 2 is 1.77 bits per heavy atom. The number of fused-ring (bicyclic) bond motifs is 2. The predicted molar refractivity (Wildman–Crippen MR) is 138 cm³/mol. The van der Waals surface area contributed by atoms with Crippen molar-refractivity contribution in [1.82, 2.24) is 0 Å². The average molecular weight is 569 g/mol. The van der Waals surface area contributed by atoms with E-state index in [0.29, 0.717) is 6.42 Å². The molecule has 3 rings (SSSR count). The molecule has 11 heteroatoms. The van der Waals surface area contributed by atoms with Crippen molar-refractivity contribution in [2.24, 2.45) is 23.2 Å². The number of alkyl halides is 1. The lowest BCUT2D eigenvalue weighted by atomic mass is 9.53. The van der Waals surface area contributed by atoms with Crippen molar-refractivity contribution in [3.05, 3.63) is 24.3 Å². The lowest BCUT2D eigenvalue weighted by Gasteiger charge is -2.56. The molecule has 0 spiro atoms. The first kappa shape index (κ1) is 30.8. The van der Waals surface area contributed by atoms with Gasteiger partial charge in [0.05, 0.1) is 16.7 Å². The molecule has 1 saturated carbocycles. The first-order chi connectivity index (χ1) is 18.1. The topological polar surface area (TPSA) is 143 Å². The van der Waals surface area contributed by atoms with Crippen LogP contribution >= 0.6 is 11.6 Å². The van der Waals surface area contributed by atoms with E-state index in [1.165, 1.54) is 26.0 Å². The molecule has 1 aliphatic heterocycles. The summed E-state index contributed by atoms with van der Waals surface area (Å²) in [6.45, 7) is 12.8. The predicted octanol–water partition coefficient (Wildman–Crippen LogP) is 2.82. The Labute approximate surface area is 233 Å². The Hall–Kier alpha value is -2.72. The Balaban J connectivity index is 2.39. The zero-order valence-electron chi connectivity index (χ0n) is 23.1. The van der Waals surface area contributed by atoms with Crippen molar-refractivity contribution in [2.75, 3.05) is 0 Å². The molecule has 0 aromatic carbocycles. The van der Waals surface area contributed by atoms with Crippen molar-refractivity contribution in [1.29, 1.82) is 0 Å². The number of ether oxygens (including phenoxy) is 4. The minimum Gasteiger partial charge on any atom is -0.461 e. The number of carbonyl (C=O) groups is 5. The zero-order chi connectivity index (χ0) is 29.4. The van der Waals surface area contributed by atoms with Gasteiger partial charge in [0.15, 0.2) is 11.7 Å². The van der Waals surface area contributed by atoms with Gasteiger partial charge in [0.1, 0.15) is 24.1 Å². The van der Waals surface area contributed by atoms with Crippen LogP contribution in [0.15, 0.2) is 24.3 Å². The second kappa shape index (κ2) is 11.4. The molecular formula is C28H37ClO10. The lowest BCUT2D eigenvalue weighted by molar-refractivity contribution is -0.232. The molecule has 0 amide bonds. The van der Waals surface area contributed by atoms with Crippen LogP contribution in [0.25, 0.3) is 0 Å². The van der Waals surface area contributed by atoms with Crippen LogP contribution in [0.2, 0.25) is 0 Å². The fraction of sp³-hybridized carbons (Fsp3) is 0.679. The van der Waals surface area contributed by atoms with Gasteiger partial charge in [0, 0.05) is 38.5 Å². The van der Waals surface area contributed by atoms with Crippen molar-refractivity contribution >= 4 is 41.3 Å². The molecule has 2 unspecified atom stereocenters. The van der Waals surface area contributed by atoms with Gasteiger partial charge in [-0.05, 0) is 25.0 Å². The molecule has 0 bridgehead atoms. The van der Waals surface area contributed by atoms with E-state index >= 15 is 0 Å². The summed E-state index contributed by atoms with van der Waals surface area (Å²) >= 11 is 6.68. The molecule has 1 heterocycles. The van der Waals surface area contributed by atoms with E-state index in [9.17, 15) is 29.1 Å². The van der Waals surface area contributed by atoms with Crippen LogP contribution in [0.3, 0.4) is 0 Å². The largest absolute Gasteiger partial charge is 0.461 e. The fourth-order valence-electron chi connectivity index (χ4n) is 6.24. The molecule has 1 saturated heterocycles. The number of esters is 4. The minimum absolute atomic E-state index is 0.0819. The summed E-state index contributed by atoms with van der Waals surface area (Å²) in [7, 11) is 0. The molecule has 216 valence electrons. The molecule has 39 heavy (non-hydrogen) atoms. The van der Waals surface area contributed by atoms with Gasteiger partial charge in [0.25, 0.3) is 0 Å². The number of allylic oxidation sites excluding steroid dienone is 1. The number of ketones is 1. The molecule has 10 atom stereocenters. The van der Waals surface area contributed by atoms with Crippen molar-refractivity contribution in [3.8, 4) is 0 Å². The summed E-state index contributed by atoms with van der Waals surface area (Å²) in [5.74, 6) is -6.36. The standard InChI is InChI=1S/C28H37ClO10/c1-8-9-21(33)38-20-12-18(32)14(3)22-24(37-17(6)31)28(35)15(4)26(34)39-25(28)23(29)13(2)10-11-19(27(20,22)7)36-16(5)30/h10-11,14-15,19-20,22-25,35H,2,8-9,12H2,1,3-7H3/b11-10-/t14-,15?,19-,20-,22+,23-,24-,25-,27-,28?/m0/s1. The Morgan fingerprint density at radius 3 is 2.33 bits per heavy atom. The molecular weight excluding hydrogens is 532 g/mol. The van der Waals surface area contributed by atoms with Crippen LogP contribution in [-0.2, 0) is 42.9 Å². The summed E-state index contributed by atoms with van der Waals surface area (Å²) in [6.07, 6.45) is -1.84. The monoisotopic (exact) mass is 568 g/mol. The molecule has 10 nitrogen and oxygen atoms in total. The van der Waals surface area contributed by atoms with E-state index in [-0.39, 0.29) is 24.2 Å². The van der Waals surface area contributed by atoms with Gasteiger partial charge in [0.2, 0.25) is 0 Å². The Kier molecular flexibility index (Phi) is 9.02. The summed E-state index contributed by atoms with van der Waals surface area (Å²) < 4.78 is 22.9. The number of hydrogen-bond donors (Lipinski definition) is 1. The second-order valence-electron chi connectivity index (χ2n) is 10.9. The fourth-order valence-corrected chi connectivity index (χ4v) is 6.56. The first-order valence-electron chi connectivity index (χ1n) is 13.1. The van der Waals surface area contributed by atoms with E-state index in [1.54, 1.807) is 20.8 Å². The van der Waals surface area contributed by atoms with E-state index < -0.39 is 82.4 Å². The van der Waals surface area contributed by atoms with Gasteiger partial charge in [-0.1, -0.05) is 33.4 Å². The maximum absolute atomic E-state index is 13.4. The molecule has 2 fully saturated rings. The van der Waals surface area contributed by atoms with Crippen molar-refractivity contribution in [2.45, 2.75) is 96.2 Å². The highest BCUT2D eigenvalue weighted by Crippen LogP contribution is 2.56. The third-order valence-corrected chi connectivity index (χ3v) is 8.91. The van der Waals surface area contributed by atoms with Crippen LogP contribution in [0.5, 0.6) is 0 Å². The van der Waals surface area contributed by atoms with E-state index in [4.69, 9.17) is 30.5 Å². The van der Waals surface area contributed by atoms with Crippen LogP contribution in [0.4, 0.5) is 0 Å². The summed E-state index contributed by atoms with van der Waals surface area (Å²) in [5, 5.41) is 11.2. The van der Waals surface area contributed by atoms with Crippen LogP contribution in [-0.4, -0.2) is 70.2 Å². The van der Waals surface area contributed by atoms with E-state index in [2.05, 4.69) is 6.58 Å². The lowest BCUT2D eigenvalue weighted by Crippen LogP contribution is -2.69. The van der Waals surface area contributed by atoms with Crippen molar-refractivity contribution in [3.63, 3.8) is 0 Å². The highest BCUT2D eigenvalue weighted by molar-refractivity contribution is 6.23. The van der Waals surface area contributed by atoms with Gasteiger partial charge in [-0.3, -0.25) is 24.0 Å². The number of carbonyl (C=O) groups excluding carboxylic acids is 5. The van der Waals surface area contributed by atoms with Crippen LogP contribution in [0.1, 0.15) is 60.8 Å². The third kappa shape index (κ3) is 5.37. The summed E-state index contributed by atoms with van der Waals surface area (Å²) in [4.78, 5) is 63.9. The van der Waals surface area contributed by atoms with Gasteiger partial charge in [-0.15, -0.1) is 11.6 Å². The summed E-state index contributed by atoms with van der Waals surface area (Å²) in [5.41, 5.74) is -3.42. The van der Waals surface area contributed by atoms with Gasteiger partial charge < -0.3 is 24.1 Å². The maximum Gasteiger partial charge on any atom is 0.312 e. The second-order valence-corrected chi connectivity index (χ2v) is 11.4. The number of halogens is 1. The quantitative estimate of drug-likeness (QED) is 0.299. The minimum atomic E-state index is -2.22. The summed E-state index contributed by atoms with van der Waals surface area (Å²) in [6, 6.07) is 0. The highest BCUT2D eigenvalue weighted by atomic mass is 35.5. The number of Topliss-reactive ketones (excluding diaryl/α,β-unsaturated/α-hetero) is 1.